The van der Waals surface area contributed by atoms with Crippen LogP contribution in [0.15, 0.2) is 35.7 Å². The van der Waals surface area contributed by atoms with E-state index in [4.69, 9.17) is 23.2 Å². The maximum Gasteiger partial charge on any atom is 0.279 e. The minimum atomic E-state index is -0.0440. The second kappa shape index (κ2) is 7.09. The summed E-state index contributed by atoms with van der Waals surface area (Å²) in [5.41, 5.74) is 0.660. The van der Waals surface area contributed by atoms with E-state index in [1.54, 1.807) is 29.5 Å². The van der Waals surface area contributed by atoms with E-state index >= 15 is 0 Å². The van der Waals surface area contributed by atoms with Gasteiger partial charge in [0, 0.05) is 5.69 Å². The monoisotopic (exact) mass is 329 g/mol. The molecule has 106 valence electrons. The van der Waals surface area contributed by atoms with Crippen molar-refractivity contribution in [2.24, 2.45) is 0 Å². The molecule has 1 aromatic heterocycles. The first-order valence-corrected chi connectivity index (χ1v) is 7.77. The predicted octanol–water partition coefficient (Wildman–Crippen LogP) is 2.71. The van der Waals surface area contributed by atoms with Gasteiger partial charge in [-0.2, -0.15) is 0 Å². The fraction of sp³-hybridized carbons (Fsp3) is 0.214. The molecule has 0 aliphatic carbocycles. The normalized spacial score (nSPS) is 12.2. The fourth-order valence-corrected chi connectivity index (χ4v) is 2.94. The topological polar surface area (TPSA) is 33.5 Å². The van der Waals surface area contributed by atoms with Gasteiger partial charge >= 0.3 is 0 Å². The Kier molecular flexibility index (Phi) is 5.43. The molecule has 2 N–H and O–H groups in total. The van der Waals surface area contributed by atoms with Crippen molar-refractivity contribution in [3.05, 3.63) is 50.6 Å². The highest BCUT2D eigenvalue weighted by Crippen LogP contribution is 2.24. The highest BCUT2D eigenvalue weighted by atomic mass is 35.5. The van der Waals surface area contributed by atoms with Gasteiger partial charge in [-0.15, -0.1) is 11.3 Å². The number of anilines is 1. The lowest BCUT2D eigenvalue weighted by Gasteiger charge is -2.13. The number of hydrogen-bond donors (Lipinski definition) is 2. The number of likely N-dealkylation sites (N-methyl/N-ethyl adjacent to an activating group) is 1. The molecule has 6 heteroatoms. The predicted molar refractivity (Wildman–Crippen MR) is 84.9 cm³/mol. The van der Waals surface area contributed by atoms with Crippen LogP contribution >= 0.6 is 34.5 Å². The van der Waals surface area contributed by atoms with Crippen LogP contribution in [-0.4, -0.2) is 19.5 Å². The molecule has 0 saturated carbocycles. The third kappa shape index (κ3) is 4.49. The summed E-state index contributed by atoms with van der Waals surface area (Å²) in [6.45, 7) is 1.24. The maximum atomic E-state index is 11.9. The molecule has 3 nitrogen and oxygen atoms in total. The Labute approximate surface area is 132 Å². The zero-order valence-corrected chi connectivity index (χ0v) is 13.3. The summed E-state index contributed by atoms with van der Waals surface area (Å²) in [6, 6.07) is 9.15. The fourth-order valence-electron chi connectivity index (χ4n) is 1.83. The van der Waals surface area contributed by atoms with E-state index in [0.717, 1.165) is 11.4 Å². The van der Waals surface area contributed by atoms with E-state index in [2.05, 4.69) is 11.4 Å². The highest BCUT2D eigenvalue weighted by Gasteiger charge is 2.11. The average Bonchev–Trinajstić information content (AvgIpc) is 2.86. The number of hydrogen-bond acceptors (Lipinski definition) is 2. The zero-order chi connectivity index (χ0) is 14.5. The van der Waals surface area contributed by atoms with Gasteiger partial charge in [0.05, 0.1) is 22.0 Å². The second-order valence-corrected chi connectivity index (χ2v) is 6.41. The summed E-state index contributed by atoms with van der Waals surface area (Å²) in [7, 11) is 1.99. The Morgan fingerprint density at radius 1 is 1.30 bits per heavy atom. The number of nitrogens with one attached hydrogen (secondary N) is 2. The molecule has 0 aliphatic heterocycles. The number of benzene rings is 1. The van der Waals surface area contributed by atoms with Gasteiger partial charge < -0.3 is 10.2 Å². The van der Waals surface area contributed by atoms with E-state index in [0.29, 0.717) is 22.3 Å². The number of thiophene rings is 1. The second-order valence-electron chi connectivity index (χ2n) is 4.57. The first-order chi connectivity index (χ1) is 9.54. The minimum absolute atomic E-state index is 0.0440. The van der Waals surface area contributed by atoms with Crippen LogP contribution in [0.3, 0.4) is 0 Å². The summed E-state index contributed by atoms with van der Waals surface area (Å²) in [6.07, 6.45) is 0. The molecule has 1 aromatic carbocycles. The van der Waals surface area contributed by atoms with Crippen molar-refractivity contribution in [3.8, 4) is 0 Å². The number of carbonyl (C=O) groups is 1. The quantitative estimate of drug-likeness (QED) is 0.868. The van der Waals surface area contributed by atoms with E-state index in [-0.39, 0.29) is 5.91 Å². The zero-order valence-electron chi connectivity index (χ0n) is 11.0. The molecular weight excluding hydrogens is 315 g/mol. The van der Waals surface area contributed by atoms with Crippen molar-refractivity contribution in [1.82, 2.24) is 0 Å². The summed E-state index contributed by atoms with van der Waals surface area (Å²) < 4.78 is 0. The maximum absolute atomic E-state index is 11.9. The molecule has 0 spiro atoms. The van der Waals surface area contributed by atoms with Crippen LogP contribution in [0.5, 0.6) is 0 Å². The Morgan fingerprint density at radius 3 is 2.75 bits per heavy atom. The molecule has 0 saturated heterocycles. The average molecular weight is 330 g/mol. The third-order valence-corrected chi connectivity index (χ3v) is 4.34. The van der Waals surface area contributed by atoms with Gasteiger partial charge in [0.2, 0.25) is 0 Å². The smallest absolute Gasteiger partial charge is 0.279 e. The molecule has 1 atom stereocenters. The van der Waals surface area contributed by atoms with E-state index in [1.807, 2.05) is 18.5 Å². The largest absolute Gasteiger partial charge is 0.325 e. The molecule has 2 aromatic rings. The highest BCUT2D eigenvalue weighted by molar-refractivity contribution is 7.09. The first kappa shape index (κ1) is 15.3. The van der Waals surface area contributed by atoms with Gasteiger partial charge in [-0.05, 0) is 29.6 Å². The summed E-state index contributed by atoms with van der Waals surface area (Å²) in [4.78, 5) is 14.3. The molecule has 1 amide bonds. The third-order valence-electron chi connectivity index (χ3n) is 2.72. The minimum Gasteiger partial charge on any atom is -0.325 e. The number of quaternary nitrogens is 1. The van der Waals surface area contributed by atoms with Crippen LogP contribution in [0, 0.1) is 0 Å². The molecule has 0 aliphatic rings. The van der Waals surface area contributed by atoms with Crippen LogP contribution < -0.4 is 10.2 Å². The van der Waals surface area contributed by atoms with Gasteiger partial charge in [-0.3, -0.25) is 4.79 Å². The SMILES string of the molecule is C[NH+](CC(=O)Nc1ccc(Cl)c(Cl)c1)Cc1cccs1. The molecular formula is C14H15Cl2N2OS+. The van der Waals surface area contributed by atoms with Crippen molar-refractivity contribution < 1.29 is 9.69 Å². The van der Waals surface area contributed by atoms with Crippen LogP contribution in [0.1, 0.15) is 4.88 Å². The van der Waals surface area contributed by atoms with Crippen LogP contribution in [0.25, 0.3) is 0 Å². The van der Waals surface area contributed by atoms with Crippen LogP contribution in [-0.2, 0) is 11.3 Å². The van der Waals surface area contributed by atoms with Gasteiger partial charge in [0.25, 0.3) is 5.91 Å². The lowest BCUT2D eigenvalue weighted by Crippen LogP contribution is -3.08. The molecule has 20 heavy (non-hydrogen) atoms. The first-order valence-electron chi connectivity index (χ1n) is 6.13. The Morgan fingerprint density at radius 2 is 2.10 bits per heavy atom. The van der Waals surface area contributed by atoms with Crippen molar-refractivity contribution in [1.29, 1.82) is 0 Å². The van der Waals surface area contributed by atoms with Crippen molar-refractivity contribution in [2.45, 2.75) is 6.54 Å². The number of rotatable bonds is 5. The van der Waals surface area contributed by atoms with Gasteiger partial charge in [0.15, 0.2) is 6.54 Å². The van der Waals surface area contributed by atoms with Crippen molar-refractivity contribution >= 4 is 46.1 Å². The van der Waals surface area contributed by atoms with E-state index in [9.17, 15) is 4.79 Å². The molecule has 1 unspecified atom stereocenters. The number of carbonyl (C=O) groups excluding carboxylic acids is 1. The van der Waals surface area contributed by atoms with Crippen molar-refractivity contribution in [2.75, 3.05) is 18.9 Å². The van der Waals surface area contributed by atoms with E-state index in [1.165, 1.54) is 4.88 Å². The Hall–Kier alpha value is -1.07. The molecule has 0 radical (unpaired) electrons. The number of amides is 1. The van der Waals surface area contributed by atoms with Crippen LogP contribution in [0.4, 0.5) is 5.69 Å². The van der Waals surface area contributed by atoms with Gasteiger partial charge in [-0.25, -0.2) is 0 Å². The van der Waals surface area contributed by atoms with Gasteiger partial charge in [0.1, 0.15) is 6.54 Å². The lowest BCUT2D eigenvalue weighted by molar-refractivity contribution is -0.884. The van der Waals surface area contributed by atoms with E-state index < -0.39 is 0 Å². The van der Waals surface area contributed by atoms with Gasteiger partial charge in [-0.1, -0.05) is 29.3 Å². The molecule has 1 heterocycles. The standard InChI is InChI=1S/C14H14Cl2N2OS/c1-18(8-11-3-2-6-20-11)9-14(19)17-10-4-5-12(15)13(16)7-10/h2-7H,8-9H2,1H3,(H,17,19)/p+1. The number of halogens is 2. The summed E-state index contributed by atoms with van der Waals surface area (Å²) in [5, 5.41) is 5.77. The summed E-state index contributed by atoms with van der Waals surface area (Å²) in [5.74, 6) is -0.0440. The molecule has 2 rings (SSSR count). The van der Waals surface area contributed by atoms with Crippen molar-refractivity contribution in [3.63, 3.8) is 0 Å². The summed E-state index contributed by atoms with van der Waals surface area (Å²) >= 11 is 13.4. The lowest BCUT2D eigenvalue weighted by atomic mass is 10.3. The molecule has 0 fully saturated rings. The Balaban J connectivity index is 1.87. The van der Waals surface area contributed by atoms with Crippen LogP contribution in [0.2, 0.25) is 10.0 Å². The Bertz CT molecular complexity index is 587. The molecule has 0 bridgehead atoms.